The third-order valence-electron chi connectivity index (χ3n) is 2.52. The van der Waals surface area contributed by atoms with Crippen LogP contribution in [0, 0.1) is 0 Å². The fraction of sp³-hybridized carbons (Fsp3) is 0.889. The molecule has 0 aromatic carbocycles. The maximum Gasteiger partial charge on any atom is 0.319 e. The van der Waals surface area contributed by atoms with Crippen molar-refractivity contribution < 1.29 is 9.53 Å². The predicted octanol–water partition coefficient (Wildman–Crippen LogP) is -0.157. The minimum Gasteiger partial charge on any atom is -0.468 e. The third kappa shape index (κ3) is 2.97. The smallest absolute Gasteiger partial charge is 0.319 e. The topological polar surface area (TPSA) is 41.6 Å². The molecular weight excluding hydrogens is 168 g/mol. The van der Waals surface area contributed by atoms with Crippen LogP contribution < -0.4 is 5.32 Å². The minimum absolute atomic E-state index is 0.145. The van der Waals surface area contributed by atoms with E-state index in [1.165, 1.54) is 7.11 Å². The normalized spacial score (nSPS) is 22.2. The SMILES string of the molecule is CCN(CC(=O)OC)C1CCNC1. The highest BCUT2D eigenvalue weighted by molar-refractivity contribution is 5.71. The van der Waals surface area contributed by atoms with E-state index in [2.05, 4.69) is 21.9 Å². The number of rotatable bonds is 4. The van der Waals surface area contributed by atoms with Crippen LogP contribution >= 0.6 is 0 Å². The Labute approximate surface area is 79.2 Å². The zero-order valence-electron chi connectivity index (χ0n) is 8.38. The summed E-state index contributed by atoms with van der Waals surface area (Å²) in [5.41, 5.74) is 0. The standard InChI is InChI=1S/C9H18N2O2/c1-3-11(7-9(12)13-2)8-4-5-10-6-8/h8,10H,3-7H2,1-2H3. The monoisotopic (exact) mass is 186 g/mol. The molecule has 1 atom stereocenters. The van der Waals surface area contributed by atoms with Crippen molar-refractivity contribution in [3.05, 3.63) is 0 Å². The van der Waals surface area contributed by atoms with Gasteiger partial charge in [-0.15, -0.1) is 0 Å². The molecule has 0 saturated carbocycles. The summed E-state index contributed by atoms with van der Waals surface area (Å²) in [4.78, 5) is 13.2. The van der Waals surface area contributed by atoms with Crippen molar-refractivity contribution in [3.63, 3.8) is 0 Å². The Kier molecular flexibility index (Phi) is 4.18. The van der Waals surface area contributed by atoms with Gasteiger partial charge in [0, 0.05) is 12.6 Å². The summed E-state index contributed by atoms with van der Waals surface area (Å²) in [5, 5.41) is 3.28. The second kappa shape index (κ2) is 5.19. The number of nitrogens with zero attached hydrogens (tertiary/aromatic N) is 1. The van der Waals surface area contributed by atoms with E-state index < -0.39 is 0 Å². The first-order chi connectivity index (χ1) is 6.27. The maximum atomic E-state index is 11.1. The quantitative estimate of drug-likeness (QED) is 0.620. The van der Waals surface area contributed by atoms with Crippen LogP contribution in [-0.2, 0) is 9.53 Å². The molecule has 0 aromatic rings. The molecule has 0 amide bonds. The Morgan fingerprint density at radius 2 is 2.46 bits per heavy atom. The number of hydrogen-bond acceptors (Lipinski definition) is 4. The minimum atomic E-state index is -0.145. The molecule has 1 rings (SSSR count). The number of methoxy groups -OCH3 is 1. The molecule has 0 aliphatic carbocycles. The number of esters is 1. The van der Waals surface area contributed by atoms with E-state index in [4.69, 9.17) is 0 Å². The Morgan fingerprint density at radius 1 is 1.69 bits per heavy atom. The molecule has 4 nitrogen and oxygen atoms in total. The molecule has 1 N–H and O–H groups in total. The molecule has 1 unspecified atom stereocenters. The summed E-state index contributed by atoms with van der Waals surface area (Å²) in [6.45, 7) is 5.44. The van der Waals surface area contributed by atoms with Gasteiger partial charge in [0.2, 0.25) is 0 Å². The maximum absolute atomic E-state index is 11.1. The highest BCUT2D eigenvalue weighted by Gasteiger charge is 2.22. The number of ether oxygens (including phenoxy) is 1. The molecule has 13 heavy (non-hydrogen) atoms. The Hall–Kier alpha value is -0.610. The molecule has 1 aliphatic heterocycles. The zero-order valence-corrected chi connectivity index (χ0v) is 8.38. The number of nitrogens with one attached hydrogen (secondary N) is 1. The lowest BCUT2D eigenvalue weighted by Gasteiger charge is -2.25. The first-order valence-electron chi connectivity index (χ1n) is 4.79. The molecule has 76 valence electrons. The molecule has 4 heteroatoms. The van der Waals surface area contributed by atoms with Crippen LogP contribution in [0.2, 0.25) is 0 Å². The molecule has 0 aromatic heterocycles. The van der Waals surface area contributed by atoms with Crippen molar-refractivity contribution in [1.82, 2.24) is 10.2 Å². The number of carbonyl (C=O) groups is 1. The summed E-state index contributed by atoms with van der Waals surface area (Å²) in [7, 11) is 1.43. The number of hydrogen-bond donors (Lipinski definition) is 1. The summed E-state index contributed by atoms with van der Waals surface area (Å²) in [5.74, 6) is -0.145. The van der Waals surface area contributed by atoms with Crippen molar-refractivity contribution in [2.45, 2.75) is 19.4 Å². The van der Waals surface area contributed by atoms with Crippen LogP contribution in [0.3, 0.4) is 0 Å². The van der Waals surface area contributed by atoms with E-state index in [1.807, 2.05) is 0 Å². The largest absolute Gasteiger partial charge is 0.468 e. The van der Waals surface area contributed by atoms with Crippen LogP contribution in [0.15, 0.2) is 0 Å². The van der Waals surface area contributed by atoms with E-state index in [9.17, 15) is 4.79 Å². The lowest BCUT2D eigenvalue weighted by Crippen LogP contribution is -2.40. The Bertz CT molecular complexity index is 167. The fourth-order valence-corrected chi connectivity index (χ4v) is 1.68. The molecule has 0 radical (unpaired) electrons. The van der Waals surface area contributed by atoms with Crippen LogP contribution in [-0.4, -0.2) is 50.2 Å². The second-order valence-corrected chi connectivity index (χ2v) is 3.29. The molecular formula is C9H18N2O2. The van der Waals surface area contributed by atoms with E-state index >= 15 is 0 Å². The van der Waals surface area contributed by atoms with E-state index in [0.29, 0.717) is 12.6 Å². The van der Waals surface area contributed by atoms with Crippen molar-refractivity contribution in [3.8, 4) is 0 Å². The lowest BCUT2D eigenvalue weighted by atomic mass is 10.2. The first kappa shape index (κ1) is 10.5. The fourth-order valence-electron chi connectivity index (χ4n) is 1.68. The van der Waals surface area contributed by atoms with E-state index in [-0.39, 0.29) is 5.97 Å². The number of carbonyl (C=O) groups excluding carboxylic acids is 1. The van der Waals surface area contributed by atoms with Crippen molar-refractivity contribution in [2.24, 2.45) is 0 Å². The van der Waals surface area contributed by atoms with Gasteiger partial charge >= 0.3 is 5.97 Å². The van der Waals surface area contributed by atoms with Crippen molar-refractivity contribution in [2.75, 3.05) is 33.3 Å². The molecule has 0 bridgehead atoms. The van der Waals surface area contributed by atoms with Crippen molar-refractivity contribution >= 4 is 5.97 Å². The Balaban J connectivity index is 2.37. The Morgan fingerprint density at radius 3 is 2.92 bits per heavy atom. The molecule has 1 saturated heterocycles. The summed E-state index contributed by atoms with van der Waals surface area (Å²) < 4.78 is 4.64. The molecule has 1 heterocycles. The average Bonchev–Trinajstić information content (AvgIpc) is 2.66. The first-order valence-corrected chi connectivity index (χ1v) is 4.79. The predicted molar refractivity (Wildman–Crippen MR) is 50.5 cm³/mol. The molecule has 1 aliphatic rings. The molecule has 1 fully saturated rings. The van der Waals surface area contributed by atoms with Gasteiger partial charge in [-0.05, 0) is 19.5 Å². The van der Waals surface area contributed by atoms with Gasteiger partial charge in [0.05, 0.1) is 13.7 Å². The highest BCUT2D eigenvalue weighted by atomic mass is 16.5. The average molecular weight is 186 g/mol. The van der Waals surface area contributed by atoms with Crippen molar-refractivity contribution in [1.29, 1.82) is 0 Å². The third-order valence-corrected chi connectivity index (χ3v) is 2.52. The van der Waals surface area contributed by atoms with Gasteiger partial charge in [0.15, 0.2) is 0 Å². The van der Waals surface area contributed by atoms with Gasteiger partial charge in [-0.1, -0.05) is 6.92 Å². The summed E-state index contributed by atoms with van der Waals surface area (Å²) in [6, 6.07) is 0.504. The zero-order chi connectivity index (χ0) is 9.68. The van der Waals surface area contributed by atoms with Crippen LogP contribution in [0.5, 0.6) is 0 Å². The molecule has 0 spiro atoms. The van der Waals surface area contributed by atoms with Gasteiger partial charge in [-0.3, -0.25) is 9.69 Å². The van der Waals surface area contributed by atoms with Crippen LogP contribution in [0.1, 0.15) is 13.3 Å². The van der Waals surface area contributed by atoms with Gasteiger partial charge in [-0.25, -0.2) is 0 Å². The van der Waals surface area contributed by atoms with Crippen LogP contribution in [0.4, 0.5) is 0 Å². The summed E-state index contributed by atoms with van der Waals surface area (Å²) in [6.07, 6.45) is 1.13. The van der Waals surface area contributed by atoms with E-state index in [1.54, 1.807) is 0 Å². The van der Waals surface area contributed by atoms with Gasteiger partial charge in [-0.2, -0.15) is 0 Å². The van der Waals surface area contributed by atoms with E-state index in [0.717, 1.165) is 26.1 Å². The van der Waals surface area contributed by atoms with Gasteiger partial charge in [0.1, 0.15) is 0 Å². The van der Waals surface area contributed by atoms with Gasteiger partial charge in [0.25, 0.3) is 0 Å². The second-order valence-electron chi connectivity index (χ2n) is 3.29. The van der Waals surface area contributed by atoms with Crippen LogP contribution in [0.25, 0.3) is 0 Å². The van der Waals surface area contributed by atoms with Gasteiger partial charge < -0.3 is 10.1 Å². The number of likely N-dealkylation sites (N-methyl/N-ethyl adjacent to an activating group) is 1. The highest BCUT2D eigenvalue weighted by Crippen LogP contribution is 2.07. The summed E-state index contributed by atoms with van der Waals surface area (Å²) >= 11 is 0. The lowest BCUT2D eigenvalue weighted by molar-refractivity contribution is -0.142.